The van der Waals surface area contributed by atoms with Crippen LogP contribution in [0.2, 0.25) is 19.6 Å². The van der Waals surface area contributed by atoms with Gasteiger partial charge < -0.3 is 10.1 Å². The van der Waals surface area contributed by atoms with Gasteiger partial charge in [0.1, 0.15) is 8.07 Å². The van der Waals surface area contributed by atoms with Crippen molar-refractivity contribution in [3.63, 3.8) is 0 Å². The van der Waals surface area contributed by atoms with Crippen molar-refractivity contribution in [1.82, 2.24) is 5.32 Å². The summed E-state index contributed by atoms with van der Waals surface area (Å²) in [5.41, 5.74) is 4.18. The molecule has 0 radical (unpaired) electrons. The van der Waals surface area contributed by atoms with E-state index in [0.717, 1.165) is 12.0 Å². The Hall–Kier alpha value is -1.83. The first kappa shape index (κ1) is 17.2. The summed E-state index contributed by atoms with van der Waals surface area (Å²) in [7, 11) is -1.48. The Morgan fingerprint density at radius 1 is 1.29 bits per heavy atom. The van der Waals surface area contributed by atoms with Crippen LogP contribution in [0.4, 0.5) is 0 Å². The van der Waals surface area contributed by atoms with Gasteiger partial charge in [0.25, 0.3) is 5.91 Å². The summed E-state index contributed by atoms with van der Waals surface area (Å²) < 4.78 is 5.53. The quantitative estimate of drug-likeness (QED) is 0.498. The molecule has 0 fully saturated rings. The normalized spacial score (nSPS) is 11.0. The fraction of sp³-hybridized carbons (Fsp3) is 0.353. The molecular weight excluding hydrogens is 278 g/mol. The lowest BCUT2D eigenvalue weighted by Gasteiger charge is -2.03. The van der Waals surface area contributed by atoms with Crippen LogP contribution in [0.1, 0.15) is 12.0 Å². The SMILES string of the molecule is C[Si](C)(C)C#CC(=O)N/C=C\CCOCc1ccccc1. The molecule has 21 heavy (non-hydrogen) atoms. The molecule has 0 spiro atoms. The lowest BCUT2D eigenvalue weighted by molar-refractivity contribution is -0.114. The van der Waals surface area contributed by atoms with E-state index >= 15 is 0 Å². The highest BCUT2D eigenvalue weighted by molar-refractivity contribution is 6.84. The second kappa shape index (κ2) is 9.17. The van der Waals surface area contributed by atoms with Crippen LogP contribution in [0.3, 0.4) is 0 Å². The Morgan fingerprint density at radius 2 is 2.00 bits per heavy atom. The van der Waals surface area contributed by atoms with E-state index in [0.29, 0.717) is 13.2 Å². The van der Waals surface area contributed by atoms with Crippen molar-refractivity contribution >= 4 is 14.0 Å². The fourth-order valence-corrected chi connectivity index (χ4v) is 1.90. The summed E-state index contributed by atoms with van der Waals surface area (Å²) in [4.78, 5) is 11.4. The molecule has 0 unspecified atom stereocenters. The van der Waals surface area contributed by atoms with E-state index < -0.39 is 8.07 Å². The summed E-state index contributed by atoms with van der Waals surface area (Å²) >= 11 is 0. The summed E-state index contributed by atoms with van der Waals surface area (Å²) in [5.74, 6) is 2.37. The standard InChI is InChI=1S/C17H23NO2Si/c1-21(2,3)14-11-17(19)18-12-7-8-13-20-15-16-9-5-4-6-10-16/h4-7,9-10,12H,8,13,15H2,1-3H3,(H,18,19)/b12-7-. The Bertz CT molecular complexity index is 521. The minimum atomic E-state index is -1.48. The van der Waals surface area contributed by atoms with Gasteiger partial charge in [0.2, 0.25) is 0 Å². The topological polar surface area (TPSA) is 38.3 Å². The molecule has 1 rings (SSSR count). The summed E-state index contributed by atoms with van der Waals surface area (Å²) in [6.07, 6.45) is 4.26. The molecule has 0 heterocycles. The molecule has 0 bridgehead atoms. The van der Waals surface area contributed by atoms with Gasteiger partial charge in [-0.3, -0.25) is 4.79 Å². The van der Waals surface area contributed by atoms with Crippen molar-refractivity contribution in [3.05, 3.63) is 48.2 Å². The van der Waals surface area contributed by atoms with E-state index in [1.165, 1.54) is 0 Å². The van der Waals surface area contributed by atoms with Crippen LogP contribution >= 0.6 is 0 Å². The Balaban J connectivity index is 2.12. The number of carbonyl (C=O) groups excluding carboxylic acids is 1. The van der Waals surface area contributed by atoms with Crippen LogP contribution in [0.25, 0.3) is 0 Å². The molecule has 3 nitrogen and oxygen atoms in total. The molecule has 1 N–H and O–H groups in total. The zero-order chi connectivity index (χ0) is 15.6. The van der Waals surface area contributed by atoms with Gasteiger partial charge in [-0.2, -0.15) is 0 Å². The maximum atomic E-state index is 11.4. The highest BCUT2D eigenvalue weighted by Gasteiger charge is 2.07. The third-order valence-electron chi connectivity index (χ3n) is 2.42. The summed E-state index contributed by atoms with van der Waals surface area (Å²) in [6, 6.07) is 10.0. The van der Waals surface area contributed by atoms with Crippen molar-refractivity contribution < 1.29 is 9.53 Å². The fourth-order valence-electron chi connectivity index (χ4n) is 1.41. The number of hydrogen-bond donors (Lipinski definition) is 1. The second-order valence-corrected chi connectivity index (χ2v) is 10.5. The second-order valence-electron chi connectivity index (χ2n) is 5.70. The highest BCUT2D eigenvalue weighted by atomic mass is 28.3. The molecule has 0 aliphatic rings. The molecule has 0 aliphatic carbocycles. The number of carbonyl (C=O) groups is 1. The van der Waals surface area contributed by atoms with Gasteiger partial charge in [-0.1, -0.05) is 56.0 Å². The number of rotatable bonds is 6. The molecule has 0 aliphatic heterocycles. The molecular formula is C17H23NO2Si. The smallest absolute Gasteiger partial charge is 0.299 e. The van der Waals surface area contributed by atoms with Crippen LogP contribution in [0, 0.1) is 11.5 Å². The lowest BCUT2D eigenvalue weighted by atomic mass is 10.2. The Kier molecular flexibility index (Phi) is 7.52. The van der Waals surface area contributed by atoms with Gasteiger partial charge >= 0.3 is 0 Å². The van der Waals surface area contributed by atoms with Crippen molar-refractivity contribution in [1.29, 1.82) is 0 Å². The minimum absolute atomic E-state index is 0.251. The highest BCUT2D eigenvalue weighted by Crippen LogP contribution is 2.00. The molecule has 0 saturated heterocycles. The maximum absolute atomic E-state index is 11.4. The van der Waals surface area contributed by atoms with Gasteiger partial charge in [-0.15, -0.1) is 5.54 Å². The molecule has 0 aromatic heterocycles. The molecule has 112 valence electrons. The summed E-state index contributed by atoms with van der Waals surface area (Å²) in [6.45, 7) is 7.55. The monoisotopic (exact) mass is 301 g/mol. The first-order valence-electron chi connectivity index (χ1n) is 7.08. The maximum Gasteiger partial charge on any atom is 0.299 e. The van der Waals surface area contributed by atoms with E-state index in [4.69, 9.17) is 4.74 Å². The van der Waals surface area contributed by atoms with E-state index in [1.807, 2.05) is 36.4 Å². The zero-order valence-corrected chi connectivity index (χ0v) is 14.0. The molecule has 1 aromatic carbocycles. The number of benzene rings is 1. The van der Waals surface area contributed by atoms with Crippen LogP contribution < -0.4 is 5.32 Å². The number of nitrogens with one attached hydrogen (secondary N) is 1. The third-order valence-corrected chi connectivity index (χ3v) is 3.30. The lowest BCUT2D eigenvalue weighted by Crippen LogP contribution is -2.20. The van der Waals surface area contributed by atoms with E-state index in [2.05, 4.69) is 36.4 Å². The third kappa shape index (κ3) is 9.66. The van der Waals surface area contributed by atoms with E-state index in [9.17, 15) is 4.79 Å². The van der Waals surface area contributed by atoms with Gasteiger partial charge in [-0.05, 0) is 17.9 Å². The van der Waals surface area contributed by atoms with Crippen molar-refractivity contribution in [2.24, 2.45) is 0 Å². The molecule has 1 amide bonds. The summed E-state index contributed by atoms with van der Waals surface area (Å²) in [5, 5.41) is 2.64. The van der Waals surface area contributed by atoms with E-state index in [1.54, 1.807) is 6.20 Å². The first-order valence-corrected chi connectivity index (χ1v) is 10.6. The predicted octanol–water partition coefficient (Wildman–Crippen LogP) is 3.10. The van der Waals surface area contributed by atoms with E-state index in [-0.39, 0.29) is 5.91 Å². The average Bonchev–Trinajstić information content (AvgIpc) is 2.44. The van der Waals surface area contributed by atoms with Gasteiger partial charge in [-0.25, -0.2) is 0 Å². The number of hydrogen-bond acceptors (Lipinski definition) is 2. The van der Waals surface area contributed by atoms with Crippen molar-refractivity contribution in [3.8, 4) is 11.5 Å². The van der Waals surface area contributed by atoms with Gasteiger partial charge in [0, 0.05) is 6.20 Å². The van der Waals surface area contributed by atoms with Gasteiger partial charge in [0.05, 0.1) is 13.2 Å². The molecule has 0 atom stereocenters. The number of amides is 1. The van der Waals surface area contributed by atoms with Gasteiger partial charge in [0.15, 0.2) is 0 Å². The molecule has 1 aromatic rings. The van der Waals surface area contributed by atoms with Crippen molar-refractivity contribution in [2.45, 2.75) is 32.7 Å². The molecule has 0 saturated carbocycles. The number of ether oxygens (including phenoxy) is 1. The Labute approximate surface area is 128 Å². The van der Waals surface area contributed by atoms with Crippen LogP contribution in [0.15, 0.2) is 42.6 Å². The van der Waals surface area contributed by atoms with Crippen LogP contribution in [-0.2, 0) is 16.1 Å². The largest absolute Gasteiger partial charge is 0.376 e. The van der Waals surface area contributed by atoms with Crippen LogP contribution in [0.5, 0.6) is 0 Å². The first-order chi connectivity index (χ1) is 9.97. The average molecular weight is 301 g/mol. The van der Waals surface area contributed by atoms with Crippen molar-refractivity contribution in [2.75, 3.05) is 6.61 Å². The predicted molar refractivity (Wildman–Crippen MR) is 89.1 cm³/mol. The zero-order valence-electron chi connectivity index (χ0n) is 13.0. The van der Waals surface area contributed by atoms with Crippen LogP contribution in [-0.4, -0.2) is 20.6 Å². The Morgan fingerprint density at radius 3 is 2.67 bits per heavy atom. The minimum Gasteiger partial charge on any atom is -0.376 e. The molecule has 4 heteroatoms.